The van der Waals surface area contributed by atoms with E-state index in [4.69, 9.17) is 5.11 Å². The van der Waals surface area contributed by atoms with Crippen molar-refractivity contribution in [2.24, 2.45) is 0 Å². The molecule has 0 saturated heterocycles. The number of halogens is 1. The van der Waals surface area contributed by atoms with E-state index in [1.54, 1.807) is 24.1 Å². The molecule has 0 aliphatic carbocycles. The lowest BCUT2D eigenvalue weighted by Gasteiger charge is -1.78. The van der Waals surface area contributed by atoms with Gasteiger partial charge in [-0.1, -0.05) is 22.0 Å². The molecule has 0 radical (unpaired) electrons. The van der Waals surface area contributed by atoms with Crippen LogP contribution in [0.25, 0.3) is 0 Å². The average molecular weight is 163 g/mol. The van der Waals surface area contributed by atoms with Crippen molar-refractivity contribution in [2.75, 3.05) is 0 Å². The lowest BCUT2D eigenvalue weighted by molar-refractivity contribution is 0.414. The zero-order chi connectivity index (χ0) is 5.70. The van der Waals surface area contributed by atoms with Crippen molar-refractivity contribution in [2.45, 2.75) is 6.92 Å². The molecule has 2 heteroatoms. The Kier molecular flexibility index (Phi) is 3.80. The van der Waals surface area contributed by atoms with Gasteiger partial charge in [-0.25, -0.2) is 0 Å². The highest BCUT2D eigenvalue weighted by Gasteiger charge is 1.68. The minimum Gasteiger partial charge on any atom is -0.513 e. The van der Waals surface area contributed by atoms with Gasteiger partial charge >= 0.3 is 0 Å². The van der Waals surface area contributed by atoms with Crippen LogP contribution in [0.4, 0.5) is 0 Å². The van der Waals surface area contributed by atoms with Gasteiger partial charge in [0, 0.05) is 0 Å². The molecule has 0 amide bonds. The van der Waals surface area contributed by atoms with Crippen LogP contribution in [0.15, 0.2) is 22.9 Å². The Hall–Kier alpha value is -0.240. The van der Waals surface area contributed by atoms with Crippen molar-refractivity contribution in [3.05, 3.63) is 22.9 Å². The van der Waals surface area contributed by atoms with Crippen LogP contribution < -0.4 is 0 Å². The van der Waals surface area contributed by atoms with Crippen LogP contribution in [-0.2, 0) is 0 Å². The Bertz CT molecular complexity index is 90.3. The highest BCUT2D eigenvalue weighted by atomic mass is 79.9. The summed E-state index contributed by atoms with van der Waals surface area (Å²) in [6.07, 6.45) is 3.30. The summed E-state index contributed by atoms with van der Waals surface area (Å²) < 4.78 is 0. The fraction of sp³-hybridized carbons (Fsp3) is 0.200. The number of rotatable bonds is 1. The number of aliphatic hydroxyl groups is 1. The minimum absolute atomic E-state index is 0.315. The third-order valence-electron chi connectivity index (χ3n) is 0.410. The van der Waals surface area contributed by atoms with Crippen molar-refractivity contribution in [3.63, 3.8) is 0 Å². The molecular formula is C5H7BrO. The van der Waals surface area contributed by atoms with E-state index in [-0.39, 0.29) is 0 Å². The Balaban J connectivity index is 3.46. The third kappa shape index (κ3) is 5.76. The van der Waals surface area contributed by atoms with E-state index in [1.807, 2.05) is 0 Å². The van der Waals surface area contributed by atoms with E-state index < -0.39 is 0 Å². The molecule has 0 aromatic heterocycles. The number of hydrogen-bond acceptors (Lipinski definition) is 1. The highest BCUT2D eigenvalue weighted by molar-refractivity contribution is 9.11. The second-order valence-corrected chi connectivity index (χ2v) is 1.66. The van der Waals surface area contributed by atoms with E-state index in [0.29, 0.717) is 5.76 Å². The summed E-state index contributed by atoms with van der Waals surface area (Å²) in [7, 11) is 0. The van der Waals surface area contributed by atoms with Crippen LogP contribution in [0, 0.1) is 0 Å². The highest BCUT2D eigenvalue weighted by Crippen LogP contribution is 1.87. The monoisotopic (exact) mass is 162 g/mol. The molecule has 0 aromatic rings. The van der Waals surface area contributed by atoms with Crippen LogP contribution >= 0.6 is 15.9 Å². The first-order valence-electron chi connectivity index (χ1n) is 1.90. The first-order chi connectivity index (χ1) is 3.27. The molecule has 0 heterocycles. The zero-order valence-electron chi connectivity index (χ0n) is 4.06. The molecule has 0 saturated carbocycles. The van der Waals surface area contributed by atoms with Crippen molar-refractivity contribution >= 4 is 15.9 Å². The maximum Gasteiger partial charge on any atom is 0.0891 e. The molecule has 0 aliphatic heterocycles. The Morgan fingerprint density at radius 3 is 2.43 bits per heavy atom. The van der Waals surface area contributed by atoms with Gasteiger partial charge in [0.2, 0.25) is 0 Å². The topological polar surface area (TPSA) is 20.2 Å². The summed E-state index contributed by atoms with van der Waals surface area (Å²) in [6, 6.07) is 0. The summed E-state index contributed by atoms with van der Waals surface area (Å²) >= 11 is 3.04. The Labute approximate surface area is 51.5 Å². The summed E-state index contributed by atoms with van der Waals surface area (Å²) in [6.45, 7) is 1.62. The average Bonchev–Trinajstić information content (AvgIpc) is 1.61. The molecule has 0 atom stereocenters. The molecule has 0 spiro atoms. The zero-order valence-corrected chi connectivity index (χ0v) is 5.64. The molecule has 0 rings (SSSR count). The van der Waals surface area contributed by atoms with Gasteiger partial charge in [-0.2, -0.15) is 0 Å². The minimum atomic E-state index is 0.315. The van der Waals surface area contributed by atoms with Crippen molar-refractivity contribution in [1.29, 1.82) is 0 Å². The lowest BCUT2D eigenvalue weighted by Crippen LogP contribution is -1.62. The molecule has 1 nitrogen and oxygen atoms in total. The van der Waals surface area contributed by atoms with Crippen LogP contribution in [0.2, 0.25) is 0 Å². The second-order valence-electron chi connectivity index (χ2n) is 1.13. The standard InChI is InChI=1S/C5H7BrO/c1-5(7)3-2-4-6/h2-4,7H,1H3/b4-2?,5-3+. The molecule has 0 aromatic carbocycles. The van der Waals surface area contributed by atoms with Crippen LogP contribution in [0.1, 0.15) is 6.92 Å². The summed E-state index contributed by atoms with van der Waals surface area (Å²) in [4.78, 5) is 1.67. The smallest absolute Gasteiger partial charge is 0.0891 e. The van der Waals surface area contributed by atoms with Gasteiger partial charge in [-0.3, -0.25) is 0 Å². The van der Waals surface area contributed by atoms with Gasteiger partial charge in [0.05, 0.1) is 5.76 Å². The summed E-state index contributed by atoms with van der Waals surface area (Å²) in [5.41, 5.74) is 0. The molecule has 0 fully saturated rings. The normalized spacial score (nSPS) is 13.1. The first-order valence-corrected chi connectivity index (χ1v) is 2.81. The molecule has 1 N–H and O–H groups in total. The van der Waals surface area contributed by atoms with Crippen molar-refractivity contribution in [1.82, 2.24) is 0 Å². The number of aliphatic hydroxyl groups excluding tert-OH is 1. The SMILES string of the molecule is C/C(O)=C\C=CBr. The fourth-order valence-corrected chi connectivity index (χ4v) is 0.328. The van der Waals surface area contributed by atoms with E-state index in [9.17, 15) is 0 Å². The van der Waals surface area contributed by atoms with Gasteiger partial charge in [0.15, 0.2) is 0 Å². The van der Waals surface area contributed by atoms with Gasteiger partial charge < -0.3 is 5.11 Å². The van der Waals surface area contributed by atoms with E-state index in [0.717, 1.165) is 0 Å². The number of hydrogen-bond donors (Lipinski definition) is 1. The van der Waals surface area contributed by atoms with Crippen LogP contribution in [-0.4, -0.2) is 5.11 Å². The fourth-order valence-electron chi connectivity index (χ4n) is 0.176. The van der Waals surface area contributed by atoms with E-state index in [1.165, 1.54) is 0 Å². The predicted octanol–water partition coefficient (Wildman–Crippen LogP) is 2.36. The van der Waals surface area contributed by atoms with Gasteiger partial charge in [-0.05, 0) is 18.0 Å². The van der Waals surface area contributed by atoms with Crippen LogP contribution in [0.3, 0.4) is 0 Å². The predicted molar refractivity (Wildman–Crippen MR) is 34.5 cm³/mol. The summed E-state index contributed by atoms with van der Waals surface area (Å²) in [5.74, 6) is 0.315. The quantitative estimate of drug-likeness (QED) is 0.464. The lowest BCUT2D eigenvalue weighted by atomic mass is 10.5. The van der Waals surface area contributed by atoms with E-state index in [2.05, 4.69) is 15.9 Å². The first kappa shape index (κ1) is 6.76. The molecule has 0 unspecified atom stereocenters. The molecule has 7 heavy (non-hydrogen) atoms. The van der Waals surface area contributed by atoms with E-state index >= 15 is 0 Å². The molecule has 0 aliphatic rings. The van der Waals surface area contributed by atoms with Crippen molar-refractivity contribution < 1.29 is 5.11 Å². The number of allylic oxidation sites excluding steroid dienone is 3. The van der Waals surface area contributed by atoms with Crippen molar-refractivity contribution in [3.8, 4) is 0 Å². The van der Waals surface area contributed by atoms with Crippen LogP contribution in [0.5, 0.6) is 0 Å². The largest absolute Gasteiger partial charge is 0.513 e. The third-order valence-corrected chi connectivity index (χ3v) is 0.715. The Morgan fingerprint density at radius 1 is 1.71 bits per heavy atom. The maximum atomic E-state index is 8.47. The summed E-state index contributed by atoms with van der Waals surface area (Å²) in [5, 5.41) is 8.47. The van der Waals surface area contributed by atoms with Gasteiger partial charge in [0.25, 0.3) is 0 Å². The van der Waals surface area contributed by atoms with Gasteiger partial charge in [-0.15, -0.1) is 0 Å². The molecule has 40 valence electrons. The van der Waals surface area contributed by atoms with Gasteiger partial charge in [0.1, 0.15) is 0 Å². The maximum absolute atomic E-state index is 8.47. The molecular weight excluding hydrogens is 156 g/mol. The Morgan fingerprint density at radius 2 is 2.29 bits per heavy atom. The second kappa shape index (κ2) is 3.93. The molecule has 0 bridgehead atoms.